The van der Waals surface area contributed by atoms with Crippen molar-refractivity contribution in [3.05, 3.63) is 125 Å². The lowest BCUT2D eigenvalue weighted by atomic mass is 9.73. The molecular weight excluding hydrogens is 528 g/mol. The van der Waals surface area contributed by atoms with Gasteiger partial charge in [-0.25, -0.2) is 4.79 Å². The zero-order valence-electron chi connectivity index (χ0n) is 24.8. The van der Waals surface area contributed by atoms with Crippen molar-refractivity contribution in [1.82, 2.24) is 0 Å². The van der Waals surface area contributed by atoms with Crippen molar-refractivity contribution < 1.29 is 28.9 Å². The number of hydrogen-bond donors (Lipinski definition) is 1. The molecule has 0 aromatic heterocycles. The highest BCUT2D eigenvalue weighted by atomic mass is 16.5. The number of carbonyl (C=O) groups is 2. The second-order valence-electron chi connectivity index (χ2n) is 11.1. The van der Waals surface area contributed by atoms with Crippen LogP contribution in [0.25, 0.3) is 0 Å². The van der Waals surface area contributed by atoms with Crippen LogP contribution in [0.3, 0.4) is 0 Å². The Morgan fingerprint density at radius 2 is 1.07 bits per heavy atom. The van der Waals surface area contributed by atoms with E-state index in [0.29, 0.717) is 29.9 Å². The molecule has 0 amide bonds. The molecule has 0 aliphatic heterocycles. The molecule has 1 unspecified atom stereocenters. The predicted molar refractivity (Wildman–Crippen MR) is 163 cm³/mol. The SMILES string of the molecule is COc1ccc(C(C)(C)c2ccc(C(=O)Oc3ccc(C(C)(CCCO)c4ccc(OC(C)=O)cc4)cc3)cc2)cc1. The fraction of sp³-hybridized carbons (Fsp3) is 0.278. The average molecular weight is 567 g/mol. The molecule has 0 aliphatic carbocycles. The molecule has 4 aromatic rings. The zero-order chi connectivity index (χ0) is 30.3. The molecule has 1 N–H and O–H groups in total. The lowest BCUT2D eigenvalue weighted by molar-refractivity contribution is -0.131. The Hall–Kier alpha value is -4.42. The van der Waals surface area contributed by atoms with Crippen LogP contribution in [0, 0.1) is 0 Å². The number of ether oxygens (including phenoxy) is 3. The van der Waals surface area contributed by atoms with Crippen molar-refractivity contribution in [2.24, 2.45) is 0 Å². The Morgan fingerprint density at radius 3 is 1.52 bits per heavy atom. The molecule has 0 saturated carbocycles. The van der Waals surface area contributed by atoms with Crippen LogP contribution in [0.2, 0.25) is 0 Å². The van der Waals surface area contributed by atoms with Crippen molar-refractivity contribution in [1.29, 1.82) is 0 Å². The first-order valence-electron chi connectivity index (χ1n) is 14.0. The third-order valence-electron chi connectivity index (χ3n) is 7.94. The second kappa shape index (κ2) is 13.0. The Kier molecular flexibility index (Phi) is 9.48. The smallest absolute Gasteiger partial charge is 0.343 e. The quantitative estimate of drug-likeness (QED) is 0.152. The summed E-state index contributed by atoms with van der Waals surface area (Å²) in [5.41, 5.74) is 4.06. The van der Waals surface area contributed by atoms with Gasteiger partial charge < -0.3 is 19.3 Å². The Balaban J connectivity index is 1.48. The summed E-state index contributed by atoms with van der Waals surface area (Å²) in [5, 5.41) is 9.54. The van der Waals surface area contributed by atoms with Crippen LogP contribution in [-0.4, -0.2) is 30.8 Å². The van der Waals surface area contributed by atoms with Crippen LogP contribution >= 0.6 is 0 Å². The van der Waals surface area contributed by atoms with Gasteiger partial charge in [0.15, 0.2) is 0 Å². The van der Waals surface area contributed by atoms with Crippen LogP contribution in [0.4, 0.5) is 0 Å². The second-order valence-corrected chi connectivity index (χ2v) is 11.1. The molecule has 0 saturated heterocycles. The van der Waals surface area contributed by atoms with Gasteiger partial charge in [0.25, 0.3) is 0 Å². The maximum atomic E-state index is 13.0. The summed E-state index contributed by atoms with van der Waals surface area (Å²) in [5.74, 6) is 0.937. The van der Waals surface area contributed by atoms with Crippen molar-refractivity contribution in [2.45, 2.75) is 51.4 Å². The van der Waals surface area contributed by atoms with E-state index in [1.165, 1.54) is 6.92 Å². The molecule has 4 aromatic carbocycles. The summed E-state index contributed by atoms with van der Waals surface area (Å²) in [6, 6.07) is 30.4. The van der Waals surface area contributed by atoms with Crippen LogP contribution in [-0.2, 0) is 15.6 Å². The number of carbonyl (C=O) groups excluding carboxylic acids is 2. The van der Waals surface area contributed by atoms with Gasteiger partial charge in [0.05, 0.1) is 12.7 Å². The highest BCUT2D eigenvalue weighted by Gasteiger charge is 2.29. The number of esters is 2. The van der Waals surface area contributed by atoms with Crippen LogP contribution in [0.1, 0.15) is 73.1 Å². The minimum Gasteiger partial charge on any atom is -0.497 e. The number of rotatable bonds is 11. The summed E-state index contributed by atoms with van der Waals surface area (Å²) < 4.78 is 16.2. The summed E-state index contributed by atoms with van der Waals surface area (Å²) in [6.07, 6.45) is 1.32. The molecule has 0 bridgehead atoms. The lowest BCUT2D eigenvalue weighted by Crippen LogP contribution is -2.24. The van der Waals surface area contributed by atoms with Gasteiger partial charge in [-0.3, -0.25) is 4.79 Å². The standard InChI is InChI=1S/C36H38O6/c1-25(38)41-32-19-13-29(14-20-32)36(4,23-6-24-37)30-15-21-33(22-16-30)42-34(39)26-7-9-27(10-8-26)35(2,3)28-11-17-31(40-5)18-12-28/h7-22,37H,6,23-24H2,1-5H3. The first-order valence-corrected chi connectivity index (χ1v) is 14.0. The van der Waals surface area contributed by atoms with Crippen molar-refractivity contribution >= 4 is 11.9 Å². The molecular formula is C36H38O6. The fourth-order valence-corrected chi connectivity index (χ4v) is 5.20. The van der Waals surface area contributed by atoms with Gasteiger partial charge >= 0.3 is 11.9 Å². The van der Waals surface area contributed by atoms with E-state index in [1.54, 1.807) is 43.5 Å². The van der Waals surface area contributed by atoms with Crippen LogP contribution in [0.15, 0.2) is 97.1 Å². The minimum absolute atomic E-state index is 0.0763. The lowest BCUT2D eigenvalue weighted by Gasteiger charge is -2.31. The fourth-order valence-electron chi connectivity index (χ4n) is 5.20. The van der Waals surface area contributed by atoms with Gasteiger partial charge in [-0.2, -0.15) is 0 Å². The number of aliphatic hydroxyl groups is 1. The summed E-state index contributed by atoms with van der Waals surface area (Å²) in [7, 11) is 1.65. The van der Waals surface area contributed by atoms with E-state index in [2.05, 4.69) is 32.9 Å². The normalized spacial score (nSPS) is 12.7. The first kappa shape index (κ1) is 30.5. The predicted octanol–water partition coefficient (Wildman–Crippen LogP) is 7.24. The molecule has 0 radical (unpaired) electrons. The molecule has 0 fully saturated rings. The molecule has 0 aliphatic rings. The van der Waals surface area contributed by atoms with Gasteiger partial charge in [-0.15, -0.1) is 0 Å². The first-order chi connectivity index (χ1) is 20.1. The Bertz CT molecular complexity index is 1490. The van der Waals surface area contributed by atoms with E-state index in [0.717, 1.165) is 28.0 Å². The maximum absolute atomic E-state index is 13.0. The minimum atomic E-state index is -0.430. The molecule has 6 heteroatoms. The van der Waals surface area contributed by atoms with E-state index < -0.39 is 11.4 Å². The van der Waals surface area contributed by atoms with Crippen molar-refractivity contribution in [2.75, 3.05) is 13.7 Å². The van der Waals surface area contributed by atoms with Crippen molar-refractivity contribution in [3.63, 3.8) is 0 Å². The van der Waals surface area contributed by atoms with Gasteiger partial charge in [-0.05, 0) is 83.6 Å². The number of benzene rings is 4. The Morgan fingerprint density at radius 1 is 0.643 bits per heavy atom. The summed E-state index contributed by atoms with van der Waals surface area (Å²) in [6.45, 7) is 7.85. The molecule has 6 nitrogen and oxygen atoms in total. The van der Waals surface area contributed by atoms with Crippen LogP contribution in [0.5, 0.6) is 17.2 Å². The number of methoxy groups -OCH3 is 1. The molecule has 218 valence electrons. The maximum Gasteiger partial charge on any atom is 0.343 e. The number of aliphatic hydroxyl groups excluding tert-OH is 1. The monoisotopic (exact) mass is 566 g/mol. The average Bonchev–Trinajstić information content (AvgIpc) is 3.00. The third kappa shape index (κ3) is 6.89. The Labute approximate surface area is 247 Å². The molecule has 0 spiro atoms. The van der Waals surface area contributed by atoms with E-state index in [4.69, 9.17) is 14.2 Å². The van der Waals surface area contributed by atoms with E-state index in [9.17, 15) is 14.7 Å². The van der Waals surface area contributed by atoms with E-state index in [-0.39, 0.29) is 18.0 Å². The van der Waals surface area contributed by atoms with Gasteiger partial charge in [0, 0.05) is 24.4 Å². The largest absolute Gasteiger partial charge is 0.497 e. The summed E-state index contributed by atoms with van der Waals surface area (Å²) >= 11 is 0. The van der Waals surface area contributed by atoms with E-state index in [1.807, 2.05) is 48.5 Å². The van der Waals surface area contributed by atoms with Gasteiger partial charge in [0.1, 0.15) is 17.2 Å². The molecule has 1 atom stereocenters. The highest BCUT2D eigenvalue weighted by molar-refractivity contribution is 5.91. The number of hydrogen-bond acceptors (Lipinski definition) is 6. The van der Waals surface area contributed by atoms with Gasteiger partial charge in [0.2, 0.25) is 0 Å². The summed E-state index contributed by atoms with van der Waals surface area (Å²) in [4.78, 5) is 24.3. The molecule has 4 rings (SSSR count). The van der Waals surface area contributed by atoms with Crippen molar-refractivity contribution in [3.8, 4) is 17.2 Å². The molecule has 42 heavy (non-hydrogen) atoms. The highest BCUT2D eigenvalue weighted by Crippen LogP contribution is 2.38. The van der Waals surface area contributed by atoms with Crippen LogP contribution < -0.4 is 14.2 Å². The third-order valence-corrected chi connectivity index (χ3v) is 7.94. The van der Waals surface area contributed by atoms with Gasteiger partial charge in [-0.1, -0.05) is 69.3 Å². The molecule has 0 heterocycles. The topological polar surface area (TPSA) is 82.1 Å². The zero-order valence-corrected chi connectivity index (χ0v) is 24.8. The van der Waals surface area contributed by atoms with E-state index >= 15 is 0 Å².